The van der Waals surface area contributed by atoms with E-state index in [1.807, 2.05) is 42.5 Å². The van der Waals surface area contributed by atoms with Gasteiger partial charge < -0.3 is 34.4 Å². The predicted molar refractivity (Wildman–Crippen MR) is 180 cm³/mol. The molecule has 0 saturated carbocycles. The summed E-state index contributed by atoms with van der Waals surface area (Å²) in [4.78, 5) is 59.6. The number of carbonyl (C=O) groups excluding carboxylic acids is 4. The molecule has 1 spiro atoms. The zero-order valence-electron chi connectivity index (χ0n) is 26.8. The number of cyclic esters (lactones) is 1. The first kappa shape index (κ1) is 33.9. The van der Waals surface area contributed by atoms with Crippen molar-refractivity contribution in [2.24, 2.45) is 11.8 Å². The Labute approximate surface area is 288 Å². The molecule has 2 fully saturated rings. The van der Waals surface area contributed by atoms with Gasteiger partial charge in [0.25, 0.3) is 5.91 Å². The van der Waals surface area contributed by atoms with Crippen LogP contribution in [-0.4, -0.2) is 84.9 Å². The van der Waals surface area contributed by atoms with E-state index in [-0.39, 0.29) is 44.5 Å². The fraction of sp³-hybridized carbons (Fsp3) is 0.444. The maximum Gasteiger partial charge on any atom is 0.306 e. The number of ether oxygens (including phenoxy) is 3. The lowest BCUT2D eigenvalue weighted by Crippen LogP contribution is -2.56. The van der Waals surface area contributed by atoms with Crippen LogP contribution in [0.1, 0.15) is 43.7 Å². The Kier molecular flexibility index (Phi) is 10.3. The Hall–Kier alpha value is -4.00. The lowest BCUT2D eigenvalue weighted by atomic mass is 9.74. The number of aliphatic hydroxyl groups excluding tert-OH is 1. The molecule has 11 nitrogen and oxygen atoms in total. The number of hydrogen-bond acceptors (Lipinski definition) is 8. The number of methoxy groups -OCH3 is 1. The Morgan fingerprint density at radius 2 is 1.77 bits per heavy atom. The van der Waals surface area contributed by atoms with Crippen LogP contribution in [0, 0.1) is 11.8 Å². The molecule has 5 bridgehead atoms. The van der Waals surface area contributed by atoms with Crippen molar-refractivity contribution in [3.05, 3.63) is 82.9 Å². The van der Waals surface area contributed by atoms with Gasteiger partial charge in [-0.25, -0.2) is 0 Å². The maximum absolute atomic E-state index is 14.9. The average molecular weight is 723 g/mol. The number of aliphatic hydroxyl groups is 1. The third-order valence-corrected chi connectivity index (χ3v) is 10.2. The summed E-state index contributed by atoms with van der Waals surface area (Å²) in [6.45, 7) is 0.371. The standard InChI is InChI=1S/C36H40BrN3O8/c1-46-25-16-14-24(15-17-25)39-18-8-3-7-13-28(42)47-22-27(23-11-5-2-6-12-23)38-33(43)29-30-34(44)40(19-9-4-10-20-41)32(35(39)45)36(30)21-26(37)31(29)48-36/h2-3,5-6,8,11-12,14-17,21,27,29-32,41H,4,7,9-10,13,18-20,22H2,1H3,(H,38,43)/b8-3-/t27-,29-,30+,31-,32-,36+/m0/s1. The number of allylic oxidation sites excluding steroid dienone is 1. The first-order valence-corrected chi connectivity index (χ1v) is 17.2. The number of halogens is 1. The number of nitrogens with zero attached hydrogens (tertiary/aromatic N) is 2. The van der Waals surface area contributed by atoms with Crippen LogP contribution in [0.25, 0.3) is 0 Å². The minimum atomic E-state index is -1.40. The zero-order chi connectivity index (χ0) is 33.8. The highest BCUT2D eigenvalue weighted by molar-refractivity contribution is 9.11. The summed E-state index contributed by atoms with van der Waals surface area (Å²) >= 11 is 3.61. The topological polar surface area (TPSA) is 135 Å². The molecule has 254 valence electrons. The number of hydrogen-bond donors (Lipinski definition) is 2. The van der Waals surface area contributed by atoms with E-state index >= 15 is 0 Å². The molecular formula is C36H40BrN3O8. The van der Waals surface area contributed by atoms with Crippen molar-refractivity contribution in [3.8, 4) is 5.75 Å². The Morgan fingerprint density at radius 3 is 2.50 bits per heavy atom. The molecule has 3 amide bonds. The second-order valence-electron chi connectivity index (χ2n) is 12.5. The molecule has 2 aromatic carbocycles. The molecule has 4 aliphatic rings. The fourth-order valence-corrected chi connectivity index (χ4v) is 8.00. The number of anilines is 1. The van der Waals surface area contributed by atoms with Crippen LogP contribution >= 0.6 is 15.9 Å². The van der Waals surface area contributed by atoms with Gasteiger partial charge in [-0.05, 0) is 61.6 Å². The van der Waals surface area contributed by atoms with Crippen LogP contribution < -0.4 is 15.0 Å². The fourth-order valence-electron chi connectivity index (χ4n) is 7.26. The molecule has 2 saturated heterocycles. The number of rotatable bonds is 8. The first-order chi connectivity index (χ1) is 23.3. The molecule has 12 heteroatoms. The number of benzene rings is 2. The lowest BCUT2D eigenvalue weighted by molar-refractivity contribution is -0.145. The number of likely N-dealkylation sites (tertiary alicyclic amines) is 1. The molecule has 4 aliphatic heterocycles. The molecule has 6 atom stereocenters. The van der Waals surface area contributed by atoms with Crippen molar-refractivity contribution in [1.82, 2.24) is 10.2 Å². The largest absolute Gasteiger partial charge is 0.497 e. The summed E-state index contributed by atoms with van der Waals surface area (Å²) in [7, 11) is 1.56. The van der Waals surface area contributed by atoms with Crippen LogP contribution in [0.3, 0.4) is 0 Å². The molecular weight excluding hydrogens is 682 g/mol. The Bertz CT molecular complexity index is 1580. The van der Waals surface area contributed by atoms with Gasteiger partial charge in [0.1, 0.15) is 30.1 Å². The highest BCUT2D eigenvalue weighted by Gasteiger charge is 2.74. The van der Waals surface area contributed by atoms with Crippen molar-refractivity contribution in [3.63, 3.8) is 0 Å². The number of esters is 1. The van der Waals surface area contributed by atoms with E-state index in [1.54, 1.807) is 47.3 Å². The Balaban J connectivity index is 1.43. The molecule has 0 unspecified atom stereocenters. The van der Waals surface area contributed by atoms with Gasteiger partial charge in [-0.15, -0.1) is 0 Å². The monoisotopic (exact) mass is 721 g/mol. The smallest absolute Gasteiger partial charge is 0.306 e. The van der Waals surface area contributed by atoms with E-state index in [4.69, 9.17) is 14.2 Å². The van der Waals surface area contributed by atoms with Crippen LogP contribution in [0.5, 0.6) is 5.75 Å². The highest BCUT2D eigenvalue weighted by atomic mass is 79.9. The van der Waals surface area contributed by atoms with E-state index in [2.05, 4.69) is 21.2 Å². The molecule has 6 rings (SSSR count). The minimum Gasteiger partial charge on any atom is -0.497 e. The summed E-state index contributed by atoms with van der Waals surface area (Å²) in [5.41, 5.74) is -0.0597. The van der Waals surface area contributed by atoms with Gasteiger partial charge in [0.2, 0.25) is 11.8 Å². The average Bonchev–Trinajstić information content (AvgIpc) is 3.69. The SMILES string of the molecule is COc1ccc(N2C/C=C\CCC(=O)OC[C@@H](c3ccccc3)NC(=O)[C@@H]3[C@H]4O[C@@]5(C=C4Br)[C@H](C2=O)N(CCCCCO)C(=O)[C@@H]35)cc1. The Morgan fingerprint density at radius 1 is 1.00 bits per heavy atom. The second kappa shape index (κ2) is 14.6. The maximum atomic E-state index is 14.9. The van der Waals surface area contributed by atoms with E-state index < -0.39 is 47.5 Å². The molecule has 2 N–H and O–H groups in total. The number of unbranched alkanes of at least 4 members (excludes halogenated alkanes) is 2. The third-order valence-electron chi connectivity index (χ3n) is 9.57. The van der Waals surface area contributed by atoms with E-state index in [1.165, 1.54) is 0 Å². The van der Waals surface area contributed by atoms with Crippen LogP contribution in [0.15, 0.2) is 77.3 Å². The van der Waals surface area contributed by atoms with Gasteiger partial charge in [0.15, 0.2) is 0 Å². The lowest BCUT2D eigenvalue weighted by Gasteiger charge is -2.36. The van der Waals surface area contributed by atoms with Crippen LogP contribution in [-0.2, 0) is 28.7 Å². The molecule has 48 heavy (non-hydrogen) atoms. The van der Waals surface area contributed by atoms with Crippen molar-refractivity contribution in [2.75, 3.05) is 38.3 Å². The van der Waals surface area contributed by atoms with Gasteiger partial charge in [-0.3, -0.25) is 19.2 Å². The van der Waals surface area contributed by atoms with Gasteiger partial charge in [-0.2, -0.15) is 0 Å². The second-order valence-corrected chi connectivity index (χ2v) is 13.4. The molecule has 4 heterocycles. The summed E-state index contributed by atoms with van der Waals surface area (Å²) < 4.78 is 18.2. The van der Waals surface area contributed by atoms with Crippen molar-refractivity contribution in [2.45, 2.75) is 55.9 Å². The van der Waals surface area contributed by atoms with Gasteiger partial charge in [0, 0.05) is 36.3 Å². The van der Waals surface area contributed by atoms with E-state index in [9.17, 15) is 24.3 Å². The minimum absolute atomic E-state index is 0.0288. The van der Waals surface area contributed by atoms with Crippen molar-refractivity contribution >= 4 is 45.3 Å². The van der Waals surface area contributed by atoms with Crippen molar-refractivity contribution < 1.29 is 38.5 Å². The molecule has 0 radical (unpaired) electrons. The van der Waals surface area contributed by atoms with E-state index in [0.717, 1.165) is 5.56 Å². The summed E-state index contributed by atoms with van der Waals surface area (Å²) in [5, 5.41) is 12.4. The molecule has 2 aromatic rings. The van der Waals surface area contributed by atoms with Crippen LogP contribution in [0.2, 0.25) is 0 Å². The third kappa shape index (κ3) is 6.40. The number of fused-ring (bicyclic) bond motifs is 2. The number of carbonyl (C=O) groups is 4. The quantitative estimate of drug-likeness (QED) is 0.239. The number of nitrogens with one attached hydrogen (secondary N) is 1. The first-order valence-electron chi connectivity index (χ1n) is 16.4. The zero-order valence-corrected chi connectivity index (χ0v) is 28.3. The van der Waals surface area contributed by atoms with E-state index in [0.29, 0.717) is 41.6 Å². The van der Waals surface area contributed by atoms with Crippen molar-refractivity contribution in [1.29, 1.82) is 0 Å². The normalized spacial score (nSPS) is 29.7. The van der Waals surface area contributed by atoms with Crippen LogP contribution in [0.4, 0.5) is 5.69 Å². The molecule has 0 aromatic heterocycles. The summed E-state index contributed by atoms with van der Waals surface area (Å²) in [5.74, 6) is -2.81. The summed E-state index contributed by atoms with van der Waals surface area (Å²) in [6, 6.07) is 14.6. The highest BCUT2D eigenvalue weighted by Crippen LogP contribution is 2.58. The van der Waals surface area contributed by atoms with Gasteiger partial charge in [-0.1, -0.05) is 58.4 Å². The summed E-state index contributed by atoms with van der Waals surface area (Å²) in [6.07, 6.45) is 6.98. The van der Waals surface area contributed by atoms with Gasteiger partial charge >= 0.3 is 5.97 Å². The number of amides is 3. The molecule has 0 aliphatic carbocycles. The predicted octanol–water partition coefficient (Wildman–Crippen LogP) is 3.81. The van der Waals surface area contributed by atoms with Gasteiger partial charge in [0.05, 0.1) is 25.0 Å².